The highest BCUT2D eigenvalue weighted by molar-refractivity contribution is 7.92. The Morgan fingerprint density at radius 2 is 1.81 bits per heavy atom. The molecule has 0 spiro atoms. The molecule has 222 valence electrons. The number of methoxy groups -OCH3 is 1. The van der Waals surface area contributed by atoms with Crippen molar-refractivity contribution in [1.82, 2.24) is 14.9 Å². The molecule has 3 aromatic carbocycles. The van der Waals surface area contributed by atoms with Gasteiger partial charge in [0.05, 0.1) is 28.2 Å². The molecule has 42 heavy (non-hydrogen) atoms. The largest absolute Gasteiger partial charge is 0.496 e. The van der Waals surface area contributed by atoms with Gasteiger partial charge in [-0.1, -0.05) is 36.7 Å². The van der Waals surface area contributed by atoms with Gasteiger partial charge in [-0.05, 0) is 81.6 Å². The van der Waals surface area contributed by atoms with Gasteiger partial charge in [-0.15, -0.1) is 0 Å². The predicted octanol–water partition coefficient (Wildman–Crippen LogP) is 6.75. The summed E-state index contributed by atoms with van der Waals surface area (Å²) < 4.78 is 49.2. The molecule has 11 heteroatoms. The Hall–Kier alpha value is -3.47. The number of ether oxygens (including phenoxy) is 1. The number of nitrogens with zero attached hydrogens (tertiary/aromatic N) is 3. The maximum absolute atomic E-state index is 15.6. The van der Waals surface area contributed by atoms with Crippen LogP contribution in [0.4, 0.5) is 16.0 Å². The summed E-state index contributed by atoms with van der Waals surface area (Å²) in [6.07, 6.45) is 6.82. The molecule has 0 radical (unpaired) electrons. The van der Waals surface area contributed by atoms with Crippen LogP contribution in [0.2, 0.25) is 5.02 Å². The van der Waals surface area contributed by atoms with Crippen molar-refractivity contribution in [2.24, 2.45) is 0 Å². The van der Waals surface area contributed by atoms with Crippen molar-refractivity contribution in [2.75, 3.05) is 31.2 Å². The van der Waals surface area contributed by atoms with E-state index in [2.05, 4.69) is 34.0 Å². The van der Waals surface area contributed by atoms with Crippen molar-refractivity contribution in [1.29, 1.82) is 0 Å². The average molecular weight is 612 g/mol. The zero-order valence-corrected chi connectivity index (χ0v) is 25.7. The first-order valence-electron chi connectivity index (χ1n) is 14.0. The van der Waals surface area contributed by atoms with E-state index in [1.807, 2.05) is 19.1 Å². The highest BCUT2D eigenvalue weighted by Crippen LogP contribution is 2.43. The summed E-state index contributed by atoms with van der Waals surface area (Å²) in [4.78, 5) is 11.7. The number of hydrogen-bond donors (Lipinski definition) is 2. The monoisotopic (exact) mass is 611 g/mol. The molecular formula is C31H35ClFN5O3S. The van der Waals surface area contributed by atoms with Crippen LogP contribution in [0.25, 0.3) is 22.0 Å². The van der Waals surface area contributed by atoms with E-state index >= 15 is 4.39 Å². The lowest BCUT2D eigenvalue weighted by Gasteiger charge is -2.33. The van der Waals surface area contributed by atoms with Gasteiger partial charge in [0.1, 0.15) is 5.75 Å². The normalized spacial score (nSPS) is 17.4. The molecule has 1 heterocycles. The van der Waals surface area contributed by atoms with Gasteiger partial charge in [-0.25, -0.2) is 22.8 Å². The van der Waals surface area contributed by atoms with Crippen LogP contribution in [0.15, 0.2) is 59.6 Å². The Labute approximate surface area is 251 Å². The maximum Gasteiger partial charge on any atom is 0.261 e. The van der Waals surface area contributed by atoms with E-state index < -0.39 is 15.8 Å². The van der Waals surface area contributed by atoms with Crippen LogP contribution >= 0.6 is 11.6 Å². The quantitative estimate of drug-likeness (QED) is 0.216. The van der Waals surface area contributed by atoms with Crippen molar-refractivity contribution in [3.63, 3.8) is 0 Å². The van der Waals surface area contributed by atoms with Crippen LogP contribution < -0.4 is 14.8 Å². The Morgan fingerprint density at radius 1 is 1.10 bits per heavy atom. The second kappa shape index (κ2) is 12.4. The molecule has 0 unspecified atom stereocenters. The van der Waals surface area contributed by atoms with E-state index in [-0.39, 0.29) is 21.4 Å². The van der Waals surface area contributed by atoms with E-state index in [1.165, 1.54) is 25.3 Å². The van der Waals surface area contributed by atoms with E-state index in [9.17, 15) is 8.42 Å². The minimum atomic E-state index is -4.04. The zero-order valence-electron chi connectivity index (χ0n) is 24.1. The predicted molar refractivity (Wildman–Crippen MR) is 166 cm³/mol. The van der Waals surface area contributed by atoms with Gasteiger partial charge in [0.2, 0.25) is 5.95 Å². The van der Waals surface area contributed by atoms with E-state index in [0.717, 1.165) is 42.1 Å². The Balaban J connectivity index is 1.47. The molecule has 8 nitrogen and oxygen atoms in total. The first-order valence-corrected chi connectivity index (χ1v) is 15.8. The third-order valence-corrected chi connectivity index (χ3v) is 9.62. The summed E-state index contributed by atoms with van der Waals surface area (Å²) in [6, 6.07) is 13.7. The van der Waals surface area contributed by atoms with Crippen molar-refractivity contribution in [3.8, 4) is 16.9 Å². The topological polar surface area (TPSA) is 96.4 Å². The van der Waals surface area contributed by atoms with Gasteiger partial charge in [0.25, 0.3) is 10.0 Å². The number of sulfonamides is 1. The van der Waals surface area contributed by atoms with E-state index in [0.29, 0.717) is 35.6 Å². The molecule has 1 fully saturated rings. The molecule has 0 aliphatic heterocycles. The first kappa shape index (κ1) is 30.0. The van der Waals surface area contributed by atoms with Crippen LogP contribution in [0.3, 0.4) is 0 Å². The minimum Gasteiger partial charge on any atom is -0.496 e. The second-order valence-corrected chi connectivity index (χ2v) is 12.8. The molecule has 0 atom stereocenters. The van der Waals surface area contributed by atoms with Gasteiger partial charge in [0, 0.05) is 35.3 Å². The van der Waals surface area contributed by atoms with Gasteiger partial charge in [0.15, 0.2) is 5.82 Å². The van der Waals surface area contributed by atoms with Crippen LogP contribution in [-0.4, -0.2) is 56.6 Å². The lowest BCUT2D eigenvalue weighted by atomic mass is 9.90. The third-order valence-electron chi connectivity index (χ3n) is 7.88. The van der Waals surface area contributed by atoms with E-state index in [1.54, 1.807) is 24.4 Å². The smallest absolute Gasteiger partial charge is 0.261 e. The number of rotatable bonds is 9. The molecule has 1 aliphatic carbocycles. The number of fused-ring (bicyclic) bond motifs is 1. The summed E-state index contributed by atoms with van der Waals surface area (Å²) in [5.41, 5.74) is 2.37. The summed E-state index contributed by atoms with van der Waals surface area (Å²) in [6.45, 7) is 2.02. The lowest BCUT2D eigenvalue weighted by molar-refractivity contribution is 0.221. The van der Waals surface area contributed by atoms with Crippen LogP contribution in [0, 0.1) is 5.82 Å². The molecular weight excluding hydrogens is 577 g/mol. The first-order chi connectivity index (χ1) is 20.1. The highest BCUT2D eigenvalue weighted by atomic mass is 35.5. The van der Waals surface area contributed by atoms with Gasteiger partial charge in [-0.2, -0.15) is 0 Å². The molecule has 4 aromatic rings. The van der Waals surface area contributed by atoms with Crippen LogP contribution in [-0.2, 0) is 16.4 Å². The Bertz CT molecular complexity index is 1690. The van der Waals surface area contributed by atoms with Gasteiger partial charge >= 0.3 is 0 Å². The number of hydrogen-bond acceptors (Lipinski definition) is 7. The number of benzene rings is 3. The fourth-order valence-corrected chi connectivity index (χ4v) is 6.91. The fraction of sp³-hybridized carbons (Fsp3) is 0.355. The molecule has 1 aliphatic rings. The summed E-state index contributed by atoms with van der Waals surface area (Å²) >= 11 is 6.57. The van der Waals surface area contributed by atoms with Crippen molar-refractivity contribution < 1.29 is 17.5 Å². The molecule has 0 saturated heterocycles. The van der Waals surface area contributed by atoms with Gasteiger partial charge < -0.3 is 15.0 Å². The van der Waals surface area contributed by atoms with Gasteiger partial charge in [-0.3, -0.25) is 4.72 Å². The number of halogens is 2. The summed E-state index contributed by atoms with van der Waals surface area (Å²) in [5, 5.41) is 4.03. The standard InChI is InChI=1S/C31H35ClFN5O3S/c1-5-19-15-20(16-21-18-34-31(36-30(19)21)35-22-11-13-23(14-12-22)38(2)3)27-26(41-4)17-25(29(33)28(27)32)37-42(39,40)24-9-7-6-8-10-24/h6-10,15-18,22-23,37H,5,11-14H2,1-4H3,(H,34,35,36). The zero-order chi connectivity index (χ0) is 30.0. The molecule has 1 aromatic heterocycles. The third kappa shape index (κ3) is 6.16. The molecule has 2 N–H and O–H groups in total. The lowest BCUT2D eigenvalue weighted by Crippen LogP contribution is -2.36. The fourth-order valence-electron chi connectivity index (χ4n) is 5.53. The SMILES string of the molecule is CCc1cc(-c2c(OC)cc(NS(=O)(=O)c3ccccc3)c(F)c2Cl)cc2cnc(NC3CCC(N(C)C)CC3)nc12. The van der Waals surface area contributed by atoms with E-state index in [4.69, 9.17) is 21.3 Å². The van der Waals surface area contributed by atoms with Crippen LogP contribution in [0.5, 0.6) is 5.75 Å². The number of anilines is 2. The minimum absolute atomic E-state index is 0.000728. The van der Waals surface area contributed by atoms with Crippen molar-refractivity contribution in [3.05, 3.63) is 71.1 Å². The summed E-state index contributed by atoms with van der Waals surface area (Å²) in [7, 11) is 1.64. The second-order valence-electron chi connectivity index (χ2n) is 10.8. The number of aryl methyl sites for hydroxylation is 1. The Morgan fingerprint density at radius 3 is 2.45 bits per heavy atom. The molecule has 0 amide bonds. The maximum atomic E-state index is 15.6. The highest BCUT2D eigenvalue weighted by Gasteiger charge is 2.25. The molecule has 0 bridgehead atoms. The molecule has 1 saturated carbocycles. The van der Waals surface area contributed by atoms with Crippen LogP contribution in [0.1, 0.15) is 38.2 Å². The average Bonchev–Trinajstić information content (AvgIpc) is 2.99. The number of aromatic nitrogens is 2. The molecule has 5 rings (SSSR count). The summed E-state index contributed by atoms with van der Waals surface area (Å²) in [5.74, 6) is -0.0824. The Kier molecular flexibility index (Phi) is 8.86. The van der Waals surface area contributed by atoms with Crippen molar-refractivity contribution >= 4 is 44.2 Å². The number of nitrogens with one attached hydrogen (secondary N) is 2. The van der Waals surface area contributed by atoms with Crippen molar-refractivity contribution in [2.45, 2.75) is 56.0 Å².